The Morgan fingerprint density at radius 3 is 2.32 bits per heavy atom. The number of hydrogen-bond donors (Lipinski definition) is 1. The topological polar surface area (TPSA) is 81.4 Å². The molecule has 222 valence electrons. The molecule has 0 aliphatic rings. The van der Waals surface area contributed by atoms with E-state index in [-0.39, 0.29) is 32.2 Å². The van der Waals surface area contributed by atoms with E-state index in [1.165, 1.54) is 0 Å². The van der Waals surface area contributed by atoms with Crippen LogP contribution in [0.2, 0.25) is 0 Å². The number of benzene rings is 3. The van der Waals surface area contributed by atoms with Gasteiger partial charge in [-0.25, -0.2) is 9.97 Å². The number of imidazole rings is 2. The molecule has 1 N–H and O–H groups in total. The third kappa shape index (κ3) is 4.10. The predicted octanol–water partition coefficient (Wildman–Crippen LogP) is 8.25. The molecule has 0 saturated heterocycles. The van der Waals surface area contributed by atoms with Crippen LogP contribution in [0.5, 0.6) is 5.75 Å². The Labute approximate surface area is 268 Å². The molecule has 5 aromatic heterocycles. The molecule has 0 spiro atoms. The van der Waals surface area contributed by atoms with Gasteiger partial charge in [0.15, 0.2) is 0 Å². The monoisotopic (exact) mass is 759 g/mol. The van der Waals surface area contributed by atoms with Crippen molar-refractivity contribution >= 4 is 49.9 Å². The van der Waals surface area contributed by atoms with Crippen LogP contribution < -0.4 is 0 Å². The standard InChI is InChI=1S/C36H30N5O2.Pt/c1-35(2,3)21-18-30(36(4,5)22-17-23-32-28(42)15-10-16-29(32)43-33(23)37-20-22)39-31(19-21)41-27-14-9-8-13-26(27)40-25-12-7-6-11-24(25)38-34(40)41;/h6-16,18-20,42H,1-5H3;/q-1;. The average Bonchev–Trinajstić information content (AvgIpc) is 3.65. The van der Waals surface area contributed by atoms with Gasteiger partial charge in [-0.3, -0.25) is 8.97 Å². The van der Waals surface area contributed by atoms with Crippen molar-refractivity contribution in [2.75, 3.05) is 0 Å². The zero-order valence-electron chi connectivity index (χ0n) is 25.0. The summed E-state index contributed by atoms with van der Waals surface area (Å²) in [5.74, 6) is 1.77. The van der Waals surface area contributed by atoms with Crippen LogP contribution in [0.25, 0.3) is 55.7 Å². The van der Waals surface area contributed by atoms with E-state index in [9.17, 15) is 5.11 Å². The van der Waals surface area contributed by atoms with Crippen molar-refractivity contribution in [1.82, 2.24) is 23.9 Å². The van der Waals surface area contributed by atoms with E-state index in [1.807, 2.05) is 24.3 Å². The summed E-state index contributed by atoms with van der Waals surface area (Å²) < 4.78 is 10.3. The summed E-state index contributed by atoms with van der Waals surface area (Å²) in [6, 6.07) is 29.7. The number of aromatic hydroxyl groups is 1. The van der Waals surface area contributed by atoms with E-state index >= 15 is 0 Å². The van der Waals surface area contributed by atoms with Crippen molar-refractivity contribution < 1.29 is 30.6 Å². The van der Waals surface area contributed by atoms with Crippen LogP contribution in [0, 0.1) is 6.07 Å². The van der Waals surface area contributed by atoms with Gasteiger partial charge in [-0.2, -0.15) is 0 Å². The van der Waals surface area contributed by atoms with E-state index in [0.717, 1.165) is 50.5 Å². The minimum Gasteiger partial charge on any atom is -0.517 e. The number of para-hydroxylation sites is 4. The van der Waals surface area contributed by atoms with Gasteiger partial charge in [0.25, 0.3) is 0 Å². The quantitative estimate of drug-likeness (QED) is 0.184. The van der Waals surface area contributed by atoms with Crippen molar-refractivity contribution in [3.8, 4) is 11.6 Å². The van der Waals surface area contributed by atoms with E-state index in [1.54, 1.807) is 18.3 Å². The number of rotatable bonds is 3. The Kier molecular flexibility index (Phi) is 6.28. The van der Waals surface area contributed by atoms with E-state index < -0.39 is 5.41 Å². The second kappa shape index (κ2) is 9.76. The summed E-state index contributed by atoms with van der Waals surface area (Å²) in [7, 11) is 0. The SMILES string of the molecule is CC(C)(C)c1cc(-n2c3ccccc3n3c4ccccc4nc23)nc(C(C)(C)c2[c-]c3c(nc2)oc2cccc(O)c23)c1.[Pt]. The summed E-state index contributed by atoms with van der Waals surface area (Å²) in [5.41, 5.74) is 7.32. The van der Waals surface area contributed by atoms with Gasteiger partial charge in [0.1, 0.15) is 11.5 Å². The first-order chi connectivity index (χ1) is 20.6. The maximum Gasteiger partial charge on any atom is 0.221 e. The molecule has 8 rings (SSSR count). The molecule has 8 aromatic rings. The molecule has 44 heavy (non-hydrogen) atoms. The van der Waals surface area contributed by atoms with Gasteiger partial charge < -0.3 is 14.5 Å². The van der Waals surface area contributed by atoms with Crippen molar-refractivity contribution in [3.63, 3.8) is 0 Å². The van der Waals surface area contributed by atoms with Crippen molar-refractivity contribution in [1.29, 1.82) is 0 Å². The Hall–Kier alpha value is -4.48. The minimum atomic E-state index is -0.579. The fraction of sp³-hybridized carbons (Fsp3) is 0.194. The molecule has 0 amide bonds. The molecule has 0 saturated carbocycles. The van der Waals surface area contributed by atoms with Crippen molar-refractivity contribution in [2.24, 2.45) is 0 Å². The fourth-order valence-electron chi connectivity index (χ4n) is 6.03. The maximum absolute atomic E-state index is 10.6. The normalized spacial score (nSPS) is 12.6. The first-order valence-electron chi connectivity index (χ1n) is 14.4. The van der Waals surface area contributed by atoms with Gasteiger partial charge in [-0.15, -0.1) is 11.6 Å². The number of nitrogens with zero attached hydrogens (tertiary/aromatic N) is 5. The van der Waals surface area contributed by atoms with Crippen LogP contribution in [0.3, 0.4) is 0 Å². The average molecular weight is 760 g/mol. The van der Waals surface area contributed by atoms with E-state index in [4.69, 9.17) is 14.4 Å². The molecule has 0 radical (unpaired) electrons. The minimum absolute atomic E-state index is 0. The van der Waals surface area contributed by atoms with Crippen LogP contribution in [0.1, 0.15) is 51.4 Å². The Balaban J connectivity index is 0.00000312. The molecule has 8 heteroatoms. The number of fused-ring (bicyclic) bond motifs is 8. The Bertz CT molecular complexity index is 2390. The van der Waals surface area contributed by atoms with Gasteiger partial charge in [-0.1, -0.05) is 70.3 Å². The third-order valence-corrected chi connectivity index (χ3v) is 8.57. The molecule has 0 aliphatic heterocycles. The number of phenolic OH excluding ortho intramolecular Hbond substituents is 1. The number of pyridine rings is 2. The Morgan fingerprint density at radius 1 is 0.818 bits per heavy atom. The first kappa shape index (κ1) is 28.3. The van der Waals surface area contributed by atoms with Crippen LogP contribution in [-0.4, -0.2) is 29.0 Å². The van der Waals surface area contributed by atoms with Crippen molar-refractivity contribution in [3.05, 3.63) is 108 Å². The summed E-state index contributed by atoms with van der Waals surface area (Å²) in [5, 5.41) is 11.9. The molecule has 0 unspecified atom stereocenters. The molecule has 0 fully saturated rings. The van der Waals surface area contributed by atoms with E-state index in [2.05, 4.69) is 97.1 Å². The van der Waals surface area contributed by atoms with Gasteiger partial charge in [0.2, 0.25) is 5.78 Å². The van der Waals surface area contributed by atoms with E-state index in [0.29, 0.717) is 22.1 Å². The number of furan rings is 1. The summed E-state index contributed by atoms with van der Waals surface area (Å²) in [6.45, 7) is 10.9. The molecule has 7 nitrogen and oxygen atoms in total. The molecule has 3 aromatic carbocycles. The molecule has 5 heterocycles. The Morgan fingerprint density at radius 2 is 1.55 bits per heavy atom. The van der Waals surface area contributed by atoms with Crippen LogP contribution in [0.4, 0.5) is 0 Å². The molecular formula is C36H30N5O2Pt-. The molecule has 0 atom stereocenters. The summed E-state index contributed by atoms with van der Waals surface area (Å²) in [6.07, 6.45) is 1.80. The second-order valence-corrected chi connectivity index (χ2v) is 12.8. The maximum atomic E-state index is 10.6. The smallest absolute Gasteiger partial charge is 0.221 e. The first-order valence-corrected chi connectivity index (χ1v) is 14.4. The predicted molar refractivity (Wildman–Crippen MR) is 170 cm³/mol. The summed E-state index contributed by atoms with van der Waals surface area (Å²) >= 11 is 0. The molecule has 0 aliphatic carbocycles. The second-order valence-electron chi connectivity index (χ2n) is 12.8. The van der Waals surface area contributed by atoms with Gasteiger partial charge in [0, 0.05) is 26.5 Å². The van der Waals surface area contributed by atoms with Gasteiger partial charge in [-0.05, 0) is 71.1 Å². The van der Waals surface area contributed by atoms with Crippen LogP contribution in [0.15, 0.2) is 89.5 Å². The molecular weight excluding hydrogens is 730 g/mol. The third-order valence-electron chi connectivity index (χ3n) is 8.57. The zero-order chi connectivity index (χ0) is 29.7. The molecule has 0 bridgehead atoms. The van der Waals surface area contributed by atoms with Crippen molar-refractivity contribution in [2.45, 2.75) is 45.4 Å². The van der Waals surface area contributed by atoms with Gasteiger partial charge >= 0.3 is 0 Å². The van der Waals surface area contributed by atoms with Gasteiger partial charge in [0.05, 0.1) is 39.1 Å². The number of hydrogen-bond acceptors (Lipinski definition) is 5. The fourth-order valence-corrected chi connectivity index (χ4v) is 6.03. The summed E-state index contributed by atoms with van der Waals surface area (Å²) in [4.78, 5) is 15.1. The number of phenols is 1. The van der Waals surface area contributed by atoms with Crippen LogP contribution >= 0.6 is 0 Å². The number of aromatic nitrogens is 5. The van der Waals surface area contributed by atoms with Crippen LogP contribution in [-0.2, 0) is 31.9 Å². The zero-order valence-corrected chi connectivity index (χ0v) is 27.3. The largest absolute Gasteiger partial charge is 0.517 e.